The summed E-state index contributed by atoms with van der Waals surface area (Å²) in [6.07, 6.45) is 1.90. The highest BCUT2D eigenvalue weighted by molar-refractivity contribution is 4.72. The van der Waals surface area contributed by atoms with Gasteiger partial charge >= 0.3 is 0 Å². The summed E-state index contributed by atoms with van der Waals surface area (Å²) in [6.45, 7) is 7.54. The van der Waals surface area contributed by atoms with Crippen LogP contribution >= 0.6 is 0 Å². The molecule has 0 saturated heterocycles. The molecule has 5 heteroatoms. The number of hydrogen-bond donors (Lipinski definition) is 2. The molecule has 110 valence electrons. The quantitative estimate of drug-likeness (QED) is 0.501. The first-order chi connectivity index (χ1) is 8.78. The molecule has 0 aromatic heterocycles. The molecule has 1 unspecified atom stereocenters. The van der Waals surface area contributed by atoms with Gasteiger partial charge in [-0.1, -0.05) is 6.92 Å². The van der Waals surface area contributed by atoms with E-state index in [1.807, 2.05) is 0 Å². The Bertz CT molecular complexity index is 162. The number of nitrogens with zero attached hydrogens (tertiary/aromatic N) is 1. The molecule has 1 atom stereocenters. The Hall–Kier alpha value is -0.200. The Balaban J connectivity index is 4.09. The summed E-state index contributed by atoms with van der Waals surface area (Å²) >= 11 is 0. The van der Waals surface area contributed by atoms with E-state index in [4.69, 9.17) is 14.6 Å². The maximum atomic E-state index is 9.09. The molecule has 0 rings (SSSR count). The number of methoxy groups -OCH3 is 2. The average Bonchev–Trinajstić information content (AvgIpc) is 2.39. The van der Waals surface area contributed by atoms with Crippen LogP contribution in [0.15, 0.2) is 0 Å². The largest absolute Gasteiger partial charge is 0.396 e. The van der Waals surface area contributed by atoms with Crippen LogP contribution in [0.5, 0.6) is 0 Å². The predicted octanol–water partition coefficient (Wildman–Crippen LogP) is 0.332. The standard InChI is InChI=1S/C13H30N2O3/c1-4-6-14-13(5-9-16)12-15(7-10-17-2)8-11-18-3/h13-14,16H,4-12H2,1-3H3. The van der Waals surface area contributed by atoms with Gasteiger partial charge in [0.25, 0.3) is 0 Å². The number of hydrogen-bond acceptors (Lipinski definition) is 5. The molecule has 0 aliphatic rings. The second-order valence-electron chi connectivity index (χ2n) is 4.45. The van der Waals surface area contributed by atoms with E-state index in [1.165, 1.54) is 0 Å². The summed E-state index contributed by atoms with van der Waals surface area (Å²) in [4.78, 5) is 2.32. The lowest BCUT2D eigenvalue weighted by molar-refractivity contribution is 0.104. The Morgan fingerprint density at radius 2 is 1.78 bits per heavy atom. The fourth-order valence-electron chi connectivity index (χ4n) is 1.81. The number of nitrogens with one attached hydrogen (secondary N) is 1. The lowest BCUT2D eigenvalue weighted by atomic mass is 10.2. The van der Waals surface area contributed by atoms with Gasteiger partial charge in [-0.2, -0.15) is 0 Å². The topological polar surface area (TPSA) is 54.0 Å². The highest BCUT2D eigenvalue weighted by Crippen LogP contribution is 1.98. The van der Waals surface area contributed by atoms with Crippen LogP contribution in [-0.4, -0.2) is 76.3 Å². The van der Waals surface area contributed by atoms with E-state index in [0.717, 1.165) is 52.2 Å². The monoisotopic (exact) mass is 262 g/mol. The van der Waals surface area contributed by atoms with Crippen LogP contribution < -0.4 is 5.32 Å². The summed E-state index contributed by atoms with van der Waals surface area (Å²) in [5.74, 6) is 0. The van der Waals surface area contributed by atoms with Crippen molar-refractivity contribution in [2.24, 2.45) is 0 Å². The van der Waals surface area contributed by atoms with Crippen LogP contribution in [0, 0.1) is 0 Å². The summed E-state index contributed by atoms with van der Waals surface area (Å²) < 4.78 is 10.2. The van der Waals surface area contributed by atoms with Gasteiger partial charge in [-0.15, -0.1) is 0 Å². The van der Waals surface area contributed by atoms with E-state index in [9.17, 15) is 0 Å². The van der Waals surface area contributed by atoms with Gasteiger partial charge in [0.05, 0.1) is 13.2 Å². The van der Waals surface area contributed by atoms with Gasteiger partial charge in [-0.05, 0) is 19.4 Å². The fourth-order valence-corrected chi connectivity index (χ4v) is 1.81. The van der Waals surface area contributed by atoms with Crippen molar-refractivity contribution in [3.05, 3.63) is 0 Å². The van der Waals surface area contributed by atoms with E-state index in [-0.39, 0.29) is 6.61 Å². The highest BCUT2D eigenvalue weighted by Gasteiger charge is 2.13. The van der Waals surface area contributed by atoms with Gasteiger partial charge in [0.15, 0.2) is 0 Å². The van der Waals surface area contributed by atoms with Crippen LogP contribution in [0.4, 0.5) is 0 Å². The Morgan fingerprint density at radius 1 is 1.17 bits per heavy atom. The van der Waals surface area contributed by atoms with Gasteiger partial charge in [-0.25, -0.2) is 0 Å². The molecular formula is C13H30N2O3. The molecule has 0 aromatic carbocycles. The molecule has 0 radical (unpaired) electrons. The first kappa shape index (κ1) is 17.8. The molecule has 18 heavy (non-hydrogen) atoms. The molecule has 0 aromatic rings. The average molecular weight is 262 g/mol. The maximum Gasteiger partial charge on any atom is 0.0589 e. The van der Waals surface area contributed by atoms with E-state index in [2.05, 4.69) is 17.1 Å². The first-order valence-corrected chi connectivity index (χ1v) is 6.82. The van der Waals surface area contributed by atoms with E-state index < -0.39 is 0 Å². The molecule has 0 saturated carbocycles. The van der Waals surface area contributed by atoms with Crippen LogP contribution in [0.2, 0.25) is 0 Å². The van der Waals surface area contributed by atoms with Crippen LogP contribution in [0.3, 0.4) is 0 Å². The summed E-state index contributed by atoms with van der Waals surface area (Å²) in [6, 6.07) is 0.337. The van der Waals surface area contributed by atoms with Crippen molar-refractivity contribution in [1.29, 1.82) is 0 Å². The second kappa shape index (κ2) is 13.2. The Labute approximate surface area is 111 Å². The molecular weight excluding hydrogens is 232 g/mol. The SMILES string of the molecule is CCCNC(CCO)CN(CCOC)CCOC. The molecule has 0 amide bonds. The minimum absolute atomic E-state index is 0.226. The van der Waals surface area contributed by atoms with Crippen LogP contribution in [0.25, 0.3) is 0 Å². The number of rotatable bonds is 13. The zero-order chi connectivity index (χ0) is 13.6. The zero-order valence-corrected chi connectivity index (χ0v) is 12.2. The Morgan fingerprint density at radius 3 is 2.22 bits per heavy atom. The van der Waals surface area contributed by atoms with E-state index in [0.29, 0.717) is 6.04 Å². The van der Waals surface area contributed by atoms with Gasteiger partial charge in [0, 0.05) is 46.5 Å². The van der Waals surface area contributed by atoms with Crippen molar-refractivity contribution >= 4 is 0 Å². The molecule has 0 bridgehead atoms. The minimum Gasteiger partial charge on any atom is -0.396 e. The van der Waals surface area contributed by atoms with Gasteiger partial charge in [0.2, 0.25) is 0 Å². The van der Waals surface area contributed by atoms with Gasteiger partial charge in [0.1, 0.15) is 0 Å². The van der Waals surface area contributed by atoms with Crippen molar-refractivity contribution in [3.8, 4) is 0 Å². The van der Waals surface area contributed by atoms with Crippen molar-refractivity contribution < 1.29 is 14.6 Å². The molecule has 0 heterocycles. The first-order valence-electron chi connectivity index (χ1n) is 6.82. The second-order valence-corrected chi connectivity index (χ2v) is 4.45. The van der Waals surface area contributed by atoms with Crippen LogP contribution in [-0.2, 0) is 9.47 Å². The third-order valence-corrected chi connectivity index (χ3v) is 2.86. The smallest absolute Gasteiger partial charge is 0.0589 e. The third-order valence-electron chi connectivity index (χ3n) is 2.86. The molecule has 0 fully saturated rings. The van der Waals surface area contributed by atoms with Crippen molar-refractivity contribution in [2.75, 3.05) is 60.2 Å². The summed E-state index contributed by atoms with van der Waals surface area (Å²) in [7, 11) is 3.43. The van der Waals surface area contributed by atoms with Gasteiger partial charge < -0.3 is 19.9 Å². The molecule has 0 spiro atoms. The van der Waals surface area contributed by atoms with Crippen molar-refractivity contribution in [2.45, 2.75) is 25.8 Å². The van der Waals surface area contributed by atoms with E-state index >= 15 is 0 Å². The zero-order valence-electron chi connectivity index (χ0n) is 12.2. The number of aliphatic hydroxyl groups is 1. The van der Waals surface area contributed by atoms with E-state index in [1.54, 1.807) is 14.2 Å². The number of ether oxygens (including phenoxy) is 2. The Kier molecular flexibility index (Phi) is 13.1. The lowest BCUT2D eigenvalue weighted by Gasteiger charge is -2.27. The van der Waals surface area contributed by atoms with Crippen LogP contribution in [0.1, 0.15) is 19.8 Å². The van der Waals surface area contributed by atoms with Crippen molar-refractivity contribution in [1.82, 2.24) is 10.2 Å². The molecule has 2 N–H and O–H groups in total. The van der Waals surface area contributed by atoms with Gasteiger partial charge in [-0.3, -0.25) is 4.90 Å². The maximum absolute atomic E-state index is 9.09. The molecule has 5 nitrogen and oxygen atoms in total. The van der Waals surface area contributed by atoms with Crippen molar-refractivity contribution in [3.63, 3.8) is 0 Å². The normalized spacial score (nSPS) is 13.2. The highest BCUT2D eigenvalue weighted by atomic mass is 16.5. The third kappa shape index (κ3) is 9.79. The minimum atomic E-state index is 0.226. The fraction of sp³-hybridized carbons (Fsp3) is 1.00. The predicted molar refractivity (Wildman–Crippen MR) is 74.0 cm³/mol. The lowest BCUT2D eigenvalue weighted by Crippen LogP contribution is -2.44. The molecule has 0 aliphatic carbocycles. The number of aliphatic hydroxyl groups excluding tert-OH is 1. The summed E-state index contributed by atoms with van der Waals surface area (Å²) in [5.41, 5.74) is 0. The summed E-state index contributed by atoms with van der Waals surface area (Å²) in [5, 5.41) is 12.6. The molecule has 0 aliphatic heterocycles.